The van der Waals surface area contributed by atoms with Crippen molar-refractivity contribution in [3.63, 3.8) is 0 Å². The van der Waals surface area contributed by atoms with E-state index in [9.17, 15) is 14.0 Å². The number of nitrogens with one attached hydrogen (secondary N) is 1. The van der Waals surface area contributed by atoms with Crippen molar-refractivity contribution in [3.05, 3.63) is 65.6 Å². The third-order valence-corrected chi connectivity index (χ3v) is 3.98. The molecule has 5 nitrogen and oxygen atoms in total. The van der Waals surface area contributed by atoms with Crippen LogP contribution in [0.2, 0.25) is 0 Å². The van der Waals surface area contributed by atoms with Gasteiger partial charge in [-0.1, -0.05) is 12.1 Å². The number of benzene rings is 2. The van der Waals surface area contributed by atoms with Gasteiger partial charge in [0.05, 0.1) is 12.7 Å². The lowest BCUT2D eigenvalue weighted by atomic mass is 10.0. The molecule has 0 aromatic heterocycles. The van der Waals surface area contributed by atoms with Crippen LogP contribution in [-0.2, 0) is 9.59 Å². The molecule has 0 aliphatic carbocycles. The zero-order valence-electron chi connectivity index (χ0n) is 13.9. The number of hydrogen-bond acceptors (Lipinski definition) is 4. The fourth-order valence-electron chi connectivity index (χ4n) is 2.68. The minimum Gasteiger partial charge on any atom is -0.497 e. The number of carbonyl (C=O) groups is 2. The normalized spacial score (nSPS) is 14.3. The molecule has 1 heterocycles. The molecular weight excluding hydrogens is 323 g/mol. The number of amides is 2. The van der Waals surface area contributed by atoms with Crippen molar-refractivity contribution in [2.24, 2.45) is 0 Å². The minimum atomic E-state index is -0.405. The summed E-state index contributed by atoms with van der Waals surface area (Å²) in [4.78, 5) is 26.4. The van der Waals surface area contributed by atoms with Crippen LogP contribution < -0.4 is 10.1 Å². The van der Waals surface area contributed by atoms with Gasteiger partial charge in [-0.05, 0) is 48.9 Å². The Hall–Kier alpha value is -3.15. The maximum atomic E-state index is 13.2. The van der Waals surface area contributed by atoms with Gasteiger partial charge in [0.15, 0.2) is 0 Å². The molecule has 2 aromatic carbocycles. The SMILES string of the molecule is CCN1C(=O)C(Nc2ccc(OC)cc2)=C(c2ccc(F)cc2)C1=O. The van der Waals surface area contributed by atoms with Crippen LogP contribution in [0.1, 0.15) is 12.5 Å². The second-order valence-corrected chi connectivity index (χ2v) is 5.46. The fraction of sp³-hybridized carbons (Fsp3) is 0.158. The molecule has 128 valence electrons. The van der Waals surface area contributed by atoms with Gasteiger partial charge in [0.1, 0.15) is 17.3 Å². The Kier molecular flexibility index (Phi) is 4.52. The van der Waals surface area contributed by atoms with Gasteiger partial charge in [-0.25, -0.2) is 4.39 Å². The maximum Gasteiger partial charge on any atom is 0.278 e. The summed E-state index contributed by atoms with van der Waals surface area (Å²) in [5.41, 5.74) is 1.56. The molecule has 3 rings (SSSR count). The number of carbonyl (C=O) groups excluding carboxylic acids is 2. The van der Waals surface area contributed by atoms with Crippen molar-refractivity contribution in [2.75, 3.05) is 19.0 Å². The first kappa shape index (κ1) is 16.7. The summed E-state index contributed by atoms with van der Waals surface area (Å²) >= 11 is 0. The summed E-state index contributed by atoms with van der Waals surface area (Å²) in [5, 5.41) is 3.02. The molecule has 2 amide bonds. The van der Waals surface area contributed by atoms with Crippen LogP contribution >= 0.6 is 0 Å². The van der Waals surface area contributed by atoms with Crippen LogP contribution in [-0.4, -0.2) is 30.4 Å². The fourth-order valence-corrected chi connectivity index (χ4v) is 2.68. The van der Waals surface area contributed by atoms with E-state index in [0.717, 1.165) is 4.90 Å². The van der Waals surface area contributed by atoms with Crippen LogP contribution in [0, 0.1) is 5.82 Å². The highest BCUT2D eigenvalue weighted by Crippen LogP contribution is 2.30. The highest BCUT2D eigenvalue weighted by atomic mass is 19.1. The lowest BCUT2D eigenvalue weighted by Crippen LogP contribution is -2.32. The summed E-state index contributed by atoms with van der Waals surface area (Å²) in [5.74, 6) is -0.516. The number of methoxy groups -OCH3 is 1. The number of likely N-dealkylation sites (N-methyl/N-ethyl adjacent to an activating group) is 1. The van der Waals surface area contributed by atoms with E-state index in [1.54, 1.807) is 38.3 Å². The smallest absolute Gasteiger partial charge is 0.278 e. The molecule has 25 heavy (non-hydrogen) atoms. The van der Waals surface area contributed by atoms with Crippen LogP contribution in [0.4, 0.5) is 10.1 Å². The second kappa shape index (κ2) is 6.76. The first-order chi connectivity index (χ1) is 12.0. The van der Waals surface area contributed by atoms with E-state index in [1.807, 2.05) is 0 Å². The lowest BCUT2D eigenvalue weighted by molar-refractivity contribution is -0.136. The molecule has 0 saturated carbocycles. The second-order valence-electron chi connectivity index (χ2n) is 5.46. The Bertz CT molecular complexity index is 842. The van der Waals surface area contributed by atoms with Crippen molar-refractivity contribution in [1.29, 1.82) is 0 Å². The average Bonchev–Trinajstić information content (AvgIpc) is 2.86. The topological polar surface area (TPSA) is 58.6 Å². The van der Waals surface area contributed by atoms with Gasteiger partial charge in [-0.15, -0.1) is 0 Å². The van der Waals surface area contributed by atoms with E-state index in [2.05, 4.69) is 5.32 Å². The van der Waals surface area contributed by atoms with Gasteiger partial charge in [0.25, 0.3) is 11.8 Å². The third kappa shape index (κ3) is 3.10. The van der Waals surface area contributed by atoms with E-state index in [-0.39, 0.29) is 17.8 Å². The molecule has 1 aliphatic rings. The molecule has 2 aromatic rings. The Morgan fingerprint density at radius 2 is 1.64 bits per heavy atom. The Morgan fingerprint density at radius 1 is 1.00 bits per heavy atom. The van der Waals surface area contributed by atoms with Crippen molar-refractivity contribution in [2.45, 2.75) is 6.92 Å². The number of imide groups is 1. The van der Waals surface area contributed by atoms with Crippen LogP contribution in [0.5, 0.6) is 5.75 Å². The van der Waals surface area contributed by atoms with Crippen LogP contribution in [0.25, 0.3) is 5.57 Å². The molecule has 0 bridgehead atoms. The molecule has 1 N–H and O–H groups in total. The highest BCUT2D eigenvalue weighted by molar-refractivity contribution is 6.36. The van der Waals surface area contributed by atoms with Gasteiger partial charge in [0.2, 0.25) is 0 Å². The standard InChI is InChI=1S/C19H17FN2O3/c1-3-22-18(23)16(12-4-6-13(20)7-5-12)17(19(22)24)21-14-8-10-15(25-2)11-9-14/h4-11,21H,3H2,1-2H3. The van der Waals surface area contributed by atoms with Gasteiger partial charge in [-0.2, -0.15) is 0 Å². The van der Waals surface area contributed by atoms with Gasteiger partial charge in [0, 0.05) is 12.2 Å². The van der Waals surface area contributed by atoms with E-state index < -0.39 is 17.6 Å². The number of anilines is 1. The van der Waals surface area contributed by atoms with Crippen molar-refractivity contribution < 1.29 is 18.7 Å². The molecule has 0 atom stereocenters. The number of hydrogen-bond donors (Lipinski definition) is 1. The molecule has 0 radical (unpaired) electrons. The maximum absolute atomic E-state index is 13.2. The number of ether oxygens (including phenoxy) is 1. The summed E-state index contributed by atoms with van der Waals surface area (Å²) in [6, 6.07) is 12.5. The van der Waals surface area contributed by atoms with Crippen molar-refractivity contribution >= 4 is 23.1 Å². The average molecular weight is 340 g/mol. The first-order valence-corrected chi connectivity index (χ1v) is 7.82. The molecule has 1 aliphatic heterocycles. The predicted octanol–water partition coefficient (Wildman–Crippen LogP) is 3.05. The van der Waals surface area contributed by atoms with E-state index in [1.165, 1.54) is 24.3 Å². The van der Waals surface area contributed by atoms with Crippen molar-refractivity contribution in [3.8, 4) is 5.75 Å². The summed E-state index contributed by atoms with van der Waals surface area (Å²) in [6.07, 6.45) is 0. The van der Waals surface area contributed by atoms with Crippen LogP contribution in [0.15, 0.2) is 54.2 Å². The van der Waals surface area contributed by atoms with E-state index in [4.69, 9.17) is 4.74 Å². The van der Waals surface area contributed by atoms with Crippen molar-refractivity contribution in [1.82, 2.24) is 4.90 Å². The van der Waals surface area contributed by atoms with Gasteiger partial charge in [-0.3, -0.25) is 14.5 Å². The predicted molar refractivity (Wildman–Crippen MR) is 92.3 cm³/mol. The van der Waals surface area contributed by atoms with Gasteiger partial charge >= 0.3 is 0 Å². The Balaban J connectivity index is 2.03. The number of rotatable bonds is 5. The molecular formula is C19H17FN2O3. The zero-order valence-corrected chi connectivity index (χ0v) is 13.9. The van der Waals surface area contributed by atoms with Crippen LogP contribution in [0.3, 0.4) is 0 Å². The Morgan fingerprint density at radius 3 is 2.20 bits per heavy atom. The summed E-state index contributed by atoms with van der Waals surface area (Å²) in [7, 11) is 1.57. The molecule has 0 spiro atoms. The molecule has 0 saturated heterocycles. The quantitative estimate of drug-likeness (QED) is 0.850. The largest absolute Gasteiger partial charge is 0.497 e. The zero-order chi connectivity index (χ0) is 18.0. The molecule has 0 unspecified atom stereocenters. The lowest BCUT2D eigenvalue weighted by Gasteiger charge is -2.12. The van der Waals surface area contributed by atoms with E-state index >= 15 is 0 Å². The van der Waals surface area contributed by atoms with Gasteiger partial charge < -0.3 is 10.1 Å². The highest BCUT2D eigenvalue weighted by Gasteiger charge is 2.38. The minimum absolute atomic E-state index is 0.184. The van der Waals surface area contributed by atoms with E-state index in [0.29, 0.717) is 17.0 Å². The number of nitrogens with zero attached hydrogens (tertiary/aromatic N) is 1. The third-order valence-electron chi connectivity index (χ3n) is 3.98. The summed E-state index contributed by atoms with van der Waals surface area (Å²) < 4.78 is 18.3. The Labute approximate surface area is 144 Å². The number of halogens is 1. The first-order valence-electron chi connectivity index (χ1n) is 7.82. The molecule has 0 fully saturated rings. The summed E-state index contributed by atoms with van der Waals surface area (Å²) in [6.45, 7) is 1.99. The molecule has 6 heteroatoms. The monoisotopic (exact) mass is 340 g/mol.